The lowest BCUT2D eigenvalue weighted by atomic mass is 9.96. The average molecular weight is 323 g/mol. The minimum Gasteiger partial charge on any atom is -0.393 e. The van der Waals surface area contributed by atoms with Gasteiger partial charge in [0.15, 0.2) is 12.0 Å². The normalized spacial score (nSPS) is 30.1. The van der Waals surface area contributed by atoms with Gasteiger partial charge in [-0.05, 0) is 30.5 Å². The highest BCUT2D eigenvalue weighted by Crippen LogP contribution is 2.42. The average Bonchev–Trinajstić information content (AvgIpc) is 2.98. The van der Waals surface area contributed by atoms with E-state index in [0.717, 1.165) is 12.8 Å². The van der Waals surface area contributed by atoms with Crippen LogP contribution in [0.1, 0.15) is 42.9 Å². The van der Waals surface area contributed by atoms with E-state index in [1.54, 1.807) is 16.8 Å². The van der Waals surface area contributed by atoms with Crippen molar-refractivity contribution < 1.29 is 13.9 Å². The third-order valence-electron chi connectivity index (χ3n) is 4.22. The van der Waals surface area contributed by atoms with Crippen LogP contribution in [0.15, 0.2) is 29.4 Å². The topological polar surface area (TPSA) is 50.9 Å². The molecule has 1 aromatic carbocycles. The Morgan fingerprint density at radius 3 is 2.82 bits per heavy atom. The number of fused-ring (bicyclic) bond motifs is 1. The Balaban J connectivity index is 1.60. The first-order valence-electron chi connectivity index (χ1n) is 7.31. The van der Waals surface area contributed by atoms with Crippen molar-refractivity contribution in [1.82, 2.24) is 14.8 Å². The molecule has 0 saturated heterocycles. The number of aromatic nitrogens is 3. The number of hydrogen-bond donors (Lipinski definition) is 1. The minimum absolute atomic E-state index is 0.235. The van der Waals surface area contributed by atoms with Crippen molar-refractivity contribution in [2.24, 2.45) is 0 Å². The molecular weight excluding hydrogens is 308 g/mol. The minimum atomic E-state index is -1.18. The predicted octanol–water partition coefficient (Wildman–Crippen LogP) is 3.04. The van der Waals surface area contributed by atoms with Gasteiger partial charge in [-0.2, -0.15) is 0 Å². The molecule has 2 heterocycles. The third kappa shape index (κ3) is 2.42. The predicted molar refractivity (Wildman–Crippen MR) is 77.9 cm³/mol. The van der Waals surface area contributed by atoms with Gasteiger partial charge in [0, 0.05) is 11.7 Å². The largest absolute Gasteiger partial charge is 0.393 e. The third-order valence-corrected chi connectivity index (χ3v) is 5.32. The summed E-state index contributed by atoms with van der Waals surface area (Å²) in [5, 5.41) is 14.6. The zero-order valence-corrected chi connectivity index (χ0v) is 12.5. The fourth-order valence-electron chi connectivity index (χ4n) is 2.98. The fourth-order valence-corrected chi connectivity index (χ4v) is 4.20. The summed E-state index contributed by atoms with van der Waals surface area (Å²) in [5.41, 5.74) is 0.710. The van der Waals surface area contributed by atoms with E-state index >= 15 is 0 Å². The summed E-state index contributed by atoms with van der Waals surface area (Å²) >= 11 is 1.48. The van der Waals surface area contributed by atoms with E-state index in [2.05, 4.69) is 10.1 Å². The molecule has 1 saturated carbocycles. The van der Waals surface area contributed by atoms with E-state index in [4.69, 9.17) is 0 Å². The molecule has 22 heavy (non-hydrogen) atoms. The maximum Gasteiger partial charge on any atom is 0.209 e. The number of rotatable bonds is 3. The molecule has 1 aromatic heterocycles. The smallest absolute Gasteiger partial charge is 0.209 e. The molecular formula is C15H15F2N3OS. The van der Waals surface area contributed by atoms with E-state index in [0.29, 0.717) is 21.8 Å². The number of alkyl halides is 1. The lowest BCUT2D eigenvalue weighted by Crippen LogP contribution is -2.30. The monoisotopic (exact) mass is 323 g/mol. The molecule has 0 amide bonds. The molecule has 7 heteroatoms. The van der Waals surface area contributed by atoms with Gasteiger partial charge in [-0.1, -0.05) is 23.9 Å². The van der Waals surface area contributed by atoms with Crippen LogP contribution in [0.4, 0.5) is 8.78 Å². The summed E-state index contributed by atoms with van der Waals surface area (Å²) < 4.78 is 29.2. The van der Waals surface area contributed by atoms with Crippen molar-refractivity contribution in [2.45, 2.75) is 48.0 Å². The van der Waals surface area contributed by atoms with Crippen LogP contribution in [0.3, 0.4) is 0 Å². The second-order valence-electron chi connectivity index (χ2n) is 5.84. The van der Waals surface area contributed by atoms with Gasteiger partial charge in [0.1, 0.15) is 5.82 Å². The number of benzene rings is 1. The summed E-state index contributed by atoms with van der Waals surface area (Å²) in [4.78, 5) is 4.28. The molecule has 1 aliphatic carbocycles. The molecule has 2 aromatic rings. The fraction of sp³-hybridized carbons (Fsp3) is 0.467. The molecule has 0 unspecified atom stereocenters. The number of thioether (sulfide) groups is 1. The van der Waals surface area contributed by atoms with Gasteiger partial charge in [-0.25, -0.2) is 18.4 Å². The zero-order chi connectivity index (χ0) is 15.3. The molecule has 2 atom stereocenters. The van der Waals surface area contributed by atoms with Gasteiger partial charge >= 0.3 is 0 Å². The molecule has 4 rings (SSSR count). The molecule has 4 nitrogen and oxygen atoms in total. The second-order valence-corrected chi connectivity index (χ2v) is 7.10. The van der Waals surface area contributed by atoms with E-state index in [-0.39, 0.29) is 24.4 Å². The number of aliphatic hydroxyl groups excluding tert-OH is 1. The van der Waals surface area contributed by atoms with Crippen LogP contribution in [0.5, 0.6) is 0 Å². The standard InChI is InChI=1S/C15H15F2N3OS/c16-9-3-1-2-8(4-9)13-7-12(17)14-18-15(19-20(13)14)22-11-5-10(21)6-11/h1-4,10-13,21H,5-7H2/t10?,11?,12-,13-/m0/s1. The Morgan fingerprint density at radius 1 is 1.27 bits per heavy atom. The van der Waals surface area contributed by atoms with Crippen LogP contribution in [0.25, 0.3) is 0 Å². The first-order chi connectivity index (χ1) is 10.6. The van der Waals surface area contributed by atoms with Gasteiger partial charge in [-0.15, -0.1) is 5.10 Å². The summed E-state index contributed by atoms with van der Waals surface area (Å²) in [6, 6.07) is 5.89. The first kappa shape index (κ1) is 14.1. The van der Waals surface area contributed by atoms with Crippen LogP contribution in [0.2, 0.25) is 0 Å². The van der Waals surface area contributed by atoms with Crippen molar-refractivity contribution in [1.29, 1.82) is 0 Å². The lowest BCUT2D eigenvalue weighted by molar-refractivity contribution is 0.101. The van der Waals surface area contributed by atoms with Crippen LogP contribution < -0.4 is 0 Å². The van der Waals surface area contributed by atoms with Crippen molar-refractivity contribution in [3.63, 3.8) is 0 Å². The van der Waals surface area contributed by atoms with Gasteiger partial charge in [0.25, 0.3) is 0 Å². The molecule has 0 spiro atoms. The number of nitrogens with zero attached hydrogens (tertiary/aromatic N) is 3. The number of hydrogen-bond acceptors (Lipinski definition) is 4. The lowest BCUT2D eigenvalue weighted by Gasteiger charge is -2.29. The van der Waals surface area contributed by atoms with Gasteiger partial charge in [0.2, 0.25) is 5.16 Å². The summed E-state index contributed by atoms with van der Waals surface area (Å²) in [5.74, 6) is -0.0174. The Morgan fingerprint density at radius 2 is 2.09 bits per heavy atom. The summed E-state index contributed by atoms with van der Waals surface area (Å²) in [7, 11) is 0. The van der Waals surface area contributed by atoms with Crippen LogP contribution in [-0.2, 0) is 0 Å². The van der Waals surface area contributed by atoms with Gasteiger partial charge in [0.05, 0.1) is 12.1 Å². The van der Waals surface area contributed by atoms with Gasteiger partial charge in [-0.3, -0.25) is 0 Å². The Kier molecular flexibility index (Phi) is 3.41. The maximum atomic E-state index is 14.2. The highest BCUT2D eigenvalue weighted by atomic mass is 32.2. The van der Waals surface area contributed by atoms with Gasteiger partial charge < -0.3 is 5.11 Å². The van der Waals surface area contributed by atoms with E-state index in [1.165, 1.54) is 23.9 Å². The molecule has 116 valence electrons. The van der Waals surface area contributed by atoms with Crippen LogP contribution >= 0.6 is 11.8 Å². The van der Waals surface area contributed by atoms with Crippen molar-refractivity contribution in [2.75, 3.05) is 0 Å². The zero-order valence-electron chi connectivity index (χ0n) is 11.7. The van der Waals surface area contributed by atoms with E-state index < -0.39 is 6.17 Å². The SMILES string of the molecule is OC1CC(Sc2nc3n(n2)[C@H](c2cccc(F)c2)C[C@@H]3F)C1. The number of halogens is 2. The Labute approximate surface area is 130 Å². The summed E-state index contributed by atoms with van der Waals surface area (Å²) in [6.45, 7) is 0. The highest BCUT2D eigenvalue weighted by Gasteiger charge is 2.37. The van der Waals surface area contributed by atoms with Crippen molar-refractivity contribution in [3.05, 3.63) is 41.5 Å². The quantitative estimate of drug-likeness (QED) is 0.943. The molecule has 1 fully saturated rings. The Bertz CT molecular complexity index is 702. The van der Waals surface area contributed by atoms with Crippen molar-refractivity contribution >= 4 is 11.8 Å². The molecule has 1 N–H and O–H groups in total. The van der Waals surface area contributed by atoms with E-state index in [1.807, 2.05) is 0 Å². The molecule has 0 bridgehead atoms. The highest BCUT2D eigenvalue weighted by molar-refractivity contribution is 7.99. The Hall–Kier alpha value is -1.47. The first-order valence-corrected chi connectivity index (χ1v) is 8.19. The molecule has 1 aliphatic heterocycles. The maximum absolute atomic E-state index is 14.2. The number of aliphatic hydroxyl groups is 1. The van der Waals surface area contributed by atoms with Crippen LogP contribution in [0, 0.1) is 5.82 Å². The second kappa shape index (κ2) is 5.31. The molecule has 2 aliphatic rings. The van der Waals surface area contributed by atoms with Crippen molar-refractivity contribution in [3.8, 4) is 0 Å². The van der Waals surface area contributed by atoms with E-state index in [9.17, 15) is 13.9 Å². The van der Waals surface area contributed by atoms with Crippen LogP contribution in [-0.4, -0.2) is 31.2 Å². The molecule has 0 radical (unpaired) electrons. The summed E-state index contributed by atoms with van der Waals surface area (Å²) in [6.07, 6.45) is 0.274.